The lowest BCUT2D eigenvalue weighted by molar-refractivity contribution is -0.121. The SMILES string of the molecule is CCCOc1ccc(C2=C(O)C(=O)N(c3cccc(OCC)c3)C2=O)cc1. The van der Waals surface area contributed by atoms with Gasteiger partial charge in [0, 0.05) is 6.07 Å². The van der Waals surface area contributed by atoms with Gasteiger partial charge in [0.15, 0.2) is 5.76 Å². The van der Waals surface area contributed by atoms with Crippen molar-refractivity contribution in [2.75, 3.05) is 18.1 Å². The van der Waals surface area contributed by atoms with E-state index in [1.165, 1.54) is 0 Å². The minimum atomic E-state index is -0.755. The Kier molecular flexibility index (Phi) is 5.45. The number of imide groups is 1. The lowest BCUT2D eigenvalue weighted by Gasteiger charge is -2.15. The van der Waals surface area contributed by atoms with Crippen molar-refractivity contribution in [3.05, 3.63) is 59.9 Å². The molecule has 140 valence electrons. The summed E-state index contributed by atoms with van der Waals surface area (Å²) < 4.78 is 10.9. The fourth-order valence-electron chi connectivity index (χ4n) is 2.83. The topological polar surface area (TPSA) is 76.1 Å². The van der Waals surface area contributed by atoms with Gasteiger partial charge >= 0.3 is 5.91 Å². The molecule has 2 aromatic rings. The van der Waals surface area contributed by atoms with Gasteiger partial charge in [-0.1, -0.05) is 25.1 Å². The minimum Gasteiger partial charge on any atom is -0.502 e. The van der Waals surface area contributed by atoms with Crippen molar-refractivity contribution in [1.82, 2.24) is 0 Å². The van der Waals surface area contributed by atoms with Gasteiger partial charge < -0.3 is 14.6 Å². The molecule has 0 saturated heterocycles. The average molecular weight is 367 g/mol. The molecule has 0 unspecified atom stereocenters. The Hall–Kier alpha value is -3.28. The number of aliphatic hydroxyl groups is 1. The summed E-state index contributed by atoms with van der Waals surface area (Å²) in [5.74, 6) is -0.688. The summed E-state index contributed by atoms with van der Waals surface area (Å²) in [5.41, 5.74) is 0.780. The van der Waals surface area contributed by atoms with Crippen LogP contribution in [0.2, 0.25) is 0 Å². The third-order valence-electron chi connectivity index (χ3n) is 4.06. The van der Waals surface area contributed by atoms with Crippen molar-refractivity contribution in [2.24, 2.45) is 0 Å². The highest BCUT2D eigenvalue weighted by atomic mass is 16.5. The Morgan fingerprint density at radius 3 is 2.33 bits per heavy atom. The Labute approximate surface area is 157 Å². The number of hydrogen-bond acceptors (Lipinski definition) is 5. The third-order valence-corrected chi connectivity index (χ3v) is 4.06. The second-order valence-electron chi connectivity index (χ2n) is 5.97. The number of ether oxygens (including phenoxy) is 2. The van der Waals surface area contributed by atoms with Crippen LogP contribution in [0.15, 0.2) is 54.3 Å². The molecule has 1 heterocycles. The van der Waals surface area contributed by atoms with Gasteiger partial charge in [-0.05, 0) is 43.2 Å². The summed E-state index contributed by atoms with van der Waals surface area (Å²) >= 11 is 0. The molecule has 2 aromatic carbocycles. The molecule has 1 N–H and O–H groups in total. The zero-order valence-corrected chi connectivity index (χ0v) is 15.3. The summed E-state index contributed by atoms with van der Waals surface area (Å²) in [6.45, 7) is 4.91. The number of carbonyl (C=O) groups is 2. The molecular formula is C21H21NO5. The van der Waals surface area contributed by atoms with Crippen molar-refractivity contribution >= 4 is 23.1 Å². The number of nitrogens with zero attached hydrogens (tertiary/aromatic N) is 1. The fourth-order valence-corrected chi connectivity index (χ4v) is 2.83. The lowest BCUT2D eigenvalue weighted by Crippen LogP contribution is -2.31. The first-order chi connectivity index (χ1) is 13.1. The van der Waals surface area contributed by atoms with Crippen LogP contribution >= 0.6 is 0 Å². The second kappa shape index (κ2) is 7.95. The molecule has 1 aliphatic rings. The molecule has 1 aliphatic heterocycles. The molecule has 0 fully saturated rings. The fraction of sp³-hybridized carbons (Fsp3) is 0.238. The Bertz CT molecular complexity index is 886. The average Bonchev–Trinajstić information content (AvgIpc) is 2.90. The van der Waals surface area contributed by atoms with Crippen LogP contribution in [0, 0.1) is 0 Å². The zero-order chi connectivity index (χ0) is 19.4. The van der Waals surface area contributed by atoms with E-state index in [1.807, 2.05) is 13.8 Å². The molecule has 0 aromatic heterocycles. The summed E-state index contributed by atoms with van der Waals surface area (Å²) in [7, 11) is 0. The summed E-state index contributed by atoms with van der Waals surface area (Å²) in [6.07, 6.45) is 0.885. The maximum Gasteiger partial charge on any atom is 0.301 e. The van der Waals surface area contributed by atoms with Crippen LogP contribution in [0.1, 0.15) is 25.8 Å². The maximum absolute atomic E-state index is 12.9. The van der Waals surface area contributed by atoms with Gasteiger partial charge in [0.2, 0.25) is 0 Å². The van der Waals surface area contributed by atoms with Crippen molar-refractivity contribution < 1.29 is 24.2 Å². The first-order valence-electron chi connectivity index (χ1n) is 8.85. The molecule has 0 saturated carbocycles. The number of amides is 2. The van der Waals surface area contributed by atoms with Crippen LogP contribution in [0.4, 0.5) is 5.69 Å². The smallest absolute Gasteiger partial charge is 0.301 e. The summed E-state index contributed by atoms with van der Waals surface area (Å²) in [4.78, 5) is 26.3. The zero-order valence-electron chi connectivity index (χ0n) is 15.3. The van der Waals surface area contributed by atoms with Crippen molar-refractivity contribution in [1.29, 1.82) is 0 Å². The Balaban J connectivity index is 1.89. The van der Waals surface area contributed by atoms with E-state index in [0.29, 0.717) is 36.0 Å². The van der Waals surface area contributed by atoms with Crippen LogP contribution in [-0.4, -0.2) is 30.1 Å². The van der Waals surface area contributed by atoms with Crippen LogP contribution in [0.3, 0.4) is 0 Å². The molecule has 2 amide bonds. The van der Waals surface area contributed by atoms with Gasteiger partial charge in [-0.25, -0.2) is 4.90 Å². The maximum atomic E-state index is 12.9. The second-order valence-corrected chi connectivity index (χ2v) is 5.97. The van der Waals surface area contributed by atoms with E-state index in [9.17, 15) is 14.7 Å². The van der Waals surface area contributed by atoms with Crippen LogP contribution in [0.5, 0.6) is 11.5 Å². The van der Waals surface area contributed by atoms with Gasteiger partial charge in [-0.15, -0.1) is 0 Å². The number of carbonyl (C=O) groups excluding carboxylic acids is 2. The van der Waals surface area contributed by atoms with Crippen LogP contribution in [0.25, 0.3) is 5.57 Å². The van der Waals surface area contributed by atoms with Crippen LogP contribution in [-0.2, 0) is 9.59 Å². The predicted octanol–water partition coefficient (Wildman–Crippen LogP) is 3.72. The van der Waals surface area contributed by atoms with Crippen molar-refractivity contribution in [2.45, 2.75) is 20.3 Å². The molecule has 3 rings (SSSR count). The van der Waals surface area contributed by atoms with E-state index < -0.39 is 17.6 Å². The highest BCUT2D eigenvalue weighted by Gasteiger charge is 2.40. The van der Waals surface area contributed by atoms with E-state index in [2.05, 4.69) is 0 Å². The van der Waals surface area contributed by atoms with Crippen LogP contribution < -0.4 is 14.4 Å². The van der Waals surface area contributed by atoms with Gasteiger partial charge in [0.1, 0.15) is 11.5 Å². The molecule has 0 radical (unpaired) electrons. The molecule has 27 heavy (non-hydrogen) atoms. The third kappa shape index (κ3) is 3.65. The monoisotopic (exact) mass is 367 g/mol. The number of rotatable bonds is 7. The number of benzene rings is 2. The largest absolute Gasteiger partial charge is 0.502 e. The van der Waals surface area contributed by atoms with E-state index in [-0.39, 0.29) is 5.57 Å². The standard InChI is InChI=1S/C21H21NO5/c1-3-12-27-16-10-8-14(9-11-16)18-19(23)21(25)22(20(18)24)15-6-5-7-17(13-15)26-4-2/h5-11,13,23H,3-4,12H2,1-2H3. The van der Waals surface area contributed by atoms with Crippen molar-refractivity contribution in [3.63, 3.8) is 0 Å². The van der Waals surface area contributed by atoms with E-state index in [4.69, 9.17) is 9.47 Å². The molecule has 0 atom stereocenters. The van der Waals surface area contributed by atoms with E-state index in [1.54, 1.807) is 48.5 Å². The number of anilines is 1. The number of aliphatic hydroxyl groups excluding tert-OH is 1. The number of hydrogen-bond donors (Lipinski definition) is 1. The molecule has 6 heteroatoms. The normalized spacial score (nSPS) is 14.1. The van der Waals surface area contributed by atoms with Gasteiger partial charge in [-0.3, -0.25) is 9.59 Å². The first-order valence-corrected chi connectivity index (χ1v) is 8.85. The van der Waals surface area contributed by atoms with Crippen molar-refractivity contribution in [3.8, 4) is 11.5 Å². The van der Waals surface area contributed by atoms with E-state index in [0.717, 1.165) is 11.3 Å². The minimum absolute atomic E-state index is 0.0242. The quantitative estimate of drug-likeness (QED) is 0.755. The molecule has 0 aliphatic carbocycles. The van der Waals surface area contributed by atoms with Gasteiger partial charge in [-0.2, -0.15) is 0 Å². The first kappa shape index (κ1) is 18.5. The Morgan fingerprint density at radius 2 is 1.67 bits per heavy atom. The highest BCUT2D eigenvalue weighted by molar-refractivity contribution is 6.44. The van der Waals surface area contributed by atoms with E-state index >= 15 is 0 Å². The summed E-state index contributed by atoms with van der Waals surface area (Å²) in [6, 6.07) is 13.4. The predicted molar refractivity (Wildman–Crippen MR) is 102 cm³/mol. The van der Waals surface area contributed by atoms with Gasteiger partial charge in [0.05, 0.1) is 24.5 Å². The molecule has 0 bridgehead atoms. The molecular weight excluding hydrogens is 346 g/mol. The molecule has 0 spiro atoms. The lowest BCUT2D eigenvalue weighted by atomic mass is 10.1. The summed E-state index contributed by atoms with van der Waals surface area (Å²) in [5, 5.41) is 10.3. The molecule has 6 nitrogen and oxygen atoms in total. The Morgan fingerprint density at radius 1 is 0.926 bits per heavy atom. The highest BCUT2D eigenvalue weighted by Crippen LogP contribution is 2.33. The van der Waals surface area contributed by atoms with Gasteiger partial charge in [0.25, 0.3) is 5.91 Å².